The van der Waals surface area contributed by atoms with Gasteiger partial charge in [-0.3, -0.25) is 4.57 Å². The Hall–Kier alpha value is -2.29. The van der Waals surface area contributed by atoms with Crippen molar-refractivity contribution >= 4 is 18.6 Å². The van der Waals surface area contributed by atoms with Gasteiger partial charge >= 0.3 is 7.60 Å². The quantitative estimate of drug-likeness (QED) is 0.0450. The van der Waals surface area contributed by atoms with Crippen molar-refractivity contribution in [1.29, 1.82) is 0 Å². The standard InChI is InChI=1S/C36H59N4O5P/c1-2-3-4-5-6-7-8-9-10-11-12-13-14-18-24-44-25-19-22-33(23-26-46(41,42)43)37-27-32-28-38-35-34(32)39-30-40-36(35)45-29-31-20-16-15-17-21-31/h15-17,20-21,28,30,33,37-38H,2-14,18-19,22-27,29H2,1H3,(H2,41,42,43). The number of aromatic amines is 1. The first-order chi connectivity index (χ1) is 22.5. The molecule has 0 bridgehead atoms. The number of hydrogen-bond donors (Lipinski definition) is 4. The van der Waals surface area contributed by atoms with Crippen molar-refractivity contribution in [3.8, 4) is 5.88 Å². The van der Waals surface area contributed by atoms with Crippen LogP contribution in [-0.4, -0.2) is 50.2 Å². The lowest BCUT2D eigenvalue weighted by molar-refractivity contribution is 0.123. The van der Waals surface area contributed by atoms with Crippen LogP contribution in [-0.2, 0) is 22.5 Å². The number of rotatable bonds is 28. The van der Waals surface area contributed by atoms with Gasteiger partial charge in [0.25, 0.3) is 0 Å². The highest BCUT2D eigenvalue weighted by Gasteiger charge is 2.18. The molecule has 1 unspecified atom stereocenters. The van der Waals surface area contributed by atoms with Crippen molar-refractivity contribution in [2.24, 2.45) is 0 Å². The van der Waals surface area contributed by atoms with Gasteiger partial charge in [0, 0.05) is 37.6 Å². The van der Waals surface area contributed by atoms with E-state index in [4.69, 9.17) is 9.47 Å². The minimum absolute atomic E-state index is 0.0436. The van der Waals surface area contributed by atoms with Gasteiger partial charge in [-0.05, 0) is 31.2 Å². The van der Waals surface area contributed by atoms with Gasteiger partial charge in [-0.15, -0.1) is 0 Å². The van der Waals surface area contributed by atoms with E-state index in [0.29, 0.717) is 32.1 Å². The Kier molecular flexibility index (Phi) is 19.2. The van der Waals surface area contributed by atoms with Gasteiger partial charge in [0.05, 0.1) is 11.7 Å². The maximum absolute atomic E-state index is 11.6. The molecule has 0 spiro atoms. The smallest absolute Gasteiger partial charge is 0.325 e. The molecular weight excluding hydrogens is 599 g/mol. The Labute approximate surface area is 276 Å². The molecule has 1 atom stereocenters. The number of benzene rings is 1. The van der Waals surface area contributed by atoms with E-state index in [0.717, 1.165) is 48.0 Å². The molecule has 46 heavy (non-hydrogen) atoms. The second-order valence-corrected chi connectivity index (χ2v) is 14.4. The van der Waals surface area contributed by atoms with E-state index in [-0.39, 0.29) is 12.2 Å². The fourth-order valence-electron chi connectivity index (χ4n) is 5.80. The van der Waals surface area contributed by atoms with Crippen molar-refractivity contribution in [3.63, 3.8) is 0 Å². The molecule has 0 amide bonds. The number of H-pyrrole nitrogens is 1. The molecule has 0 aliphatic heterocycles. The Morgan fingerprint density at radius 2 is 1.46 bits per heavy atom. The number of ether oxygens (including phenoxy) is 2. The van der Waals surface area contributed by atoms with Gasteiger partial charge in [0.15, 0.2) is 0 Å². The van der Waals surface area contributed by atoms with Crippen LogP contribution in [0.1, 0.15) is 127 Å². The van der Waals surface area contributed by atoms with Crippen LogP contribution >= 0.6 is 7.60 Å². The minimum Gasteiger partial charge on any atom is -0.471 e. The Morgan fingerprint density at radius 1 is 0.826 bits per heavy atom. The molecule has 2 aromatic heterocycles. The molecule has 3 aromatic rings. The first-order valence-electron chi connectivity index (χ1n) is 17.8. The third-order valence-corrected chi connectivity index (χ3v) is 9.40. The minimum atomic E-state index is -4.08. The van der Waals surface area contributed by atoms with Gasteiger partial charge < -0.3 is 29.6 Å². The number of nitrogens with zero attached hydrogens (tertiary/aromatic N) is 2. The summed E-state index contributed by atoms with van der Waals surface area (Å²) in [6.07, 6.45) is 24.1. The van der Waals surface area contributed by atoms with Crippen LogP contribution in [0.2, 0.25) is 0 Å². The maximum atomic E-state index is 11.6. The summed E-state index contributed by atoms with van der Waals surface area (Å²) < 4.78 is 23.5. The van der Waals surface area contributed by atoms with Gasteiger partial charge in [0.2, 0.25) is 5.88 Å². The first-order valence-corrected chi connectivity index (χ1v) is 19.6. The van der Waals surface area contributed by atoms with Gasteiger partial charge in [-0.2, -0.15) is 4.98 Å². The molecule has 2 heterocycles. The van der Waals surface area contributed by atoms with E-state index in [9.17, 15) is 14.4 Å². The van der Waals surface area contributed by atoms with Crippen molar-refractivity contribution in [1.82, 2.24) is 20.3 Å². The number of nitrogens with one attached hydrogen (secondary N) is 2. The molecule has 3 rings (SSSR count). The Balaban J connectivity index is 1.29. The molecule has 0 saturated heterocycles. The third kappa shape index (κ3) is 16.5. The number of fused-ring (bicyclic) bond motifs is 1. The van der Waals surface area contributed by atoms with E-state index in [1.54, 1.807) is 0 Å². The molecule has 0 radical (unpaired) electrons. The second-order valence-electron chi connectivity index (χ2n) is 12.6. The molecule has 258 valence electrons. The normalized spacial score (nSPS) is 12.6. The lowest BCUT2D eigenvalue weighted by Crippen LogP contribution is -2.30. The monoisotopic (exact) mass is 658 g/mol. The van der Waals surface area contributed by atoms with Crippen LogP contribution in [0.3, 0.4) is 0 Å². The Bertz CT molecular complexity index is 1240. The molecule has 10 heteroatoms. The van der Waals surface area contributed by atoms with E-state index < -0.39 is 7.60 Å². The molecule has 9 nitrogen and oxygen atoms in total. The molecule has 0 fully saturated rings. The van der Waals surface area contributed by atoms with Crippen molar-refractivity contribution in [2.75, 3.05) is 19.4 Å². The highest BCUT2D eigenvalue weighted by Crippen LogP contribution is 2.35. The maximum Gasteiger partial charge on any atom is 0.325 e. The summed E-state index contributed by atoms with van der Waals surface area (Å²) in [4.78, 5) is 31.0. The fourth-order valence-corrected chi connectivity index (χ4v) is 6.45. The average molecular weight is 659 g/mol. The van der Waals surface area contributed by atoms with E-state index >= 15 is 0 Å². The second kappa shape index (κ2) is 23.1. The molecule has 1 aromatic carbocycles. The molecule has 0 saturated carbocycles. The lowest BCUT2D eigenvalue weighted by atomic mass is 10.0. The summed E-state index contributed by atoms with van der Waals surface area (Å²) in [6.45, 7) is 4.64. The van der Waals surface area contributed by atoms with Crippen molar-refractivity contribution < 1.29 is 23.8 Å². The lowest BCUT2D eigenvalue weighted by Gasteiger charge is -2.19. The molecule has 0 aliphatic carbocycles. The van der Waals surface area contributed by atoms with Gasteiger partial charge in [0.1, 0.15) is 18.5 Å². The van der Waals surface area contributed by atoms with Gasteiger partial charge in [-0.25, -0.2) is 4.98 Å². The van der Waals surface area contributed by atoms with Gasteiger partial charge in [-0.1, -0.05) is 121 Å². The summed E-state index contributed by atoms with van der Waals surface area (Å²) in [6, 6.07) is 9.89. The first kappa shape index (κ1) is 38.2. The summed E-state index contributed by atoms with van der Waals surface area (Å²) in [5.41, 5.74) is 3.52. The highest BCUT2D eigenvalue weighted by molar-refractivity contribution is 7.51. The van der Waals surface area contributed by atoms with Crippen molar-refractivity contribution in [3.05, 3.63) is 54.0 Å². The largest absolute Gasteiger partial charge is 0.471 e. The van der Waals surface area contributed by atoms with Crippen LogP contribution in [0.15, 0.2) is 42.9 Å². The molecule has 4 N–H and O–H groups in total. The van der Waals surface area contributed by atoms with E-state index in [1.165, 1.54) is 89.8 Å². The molecule has 0 aliphatic rings. The summed E-state index contributed by atoms with van der Waals surface area (Å²) in [5, 5.41) is 3.50. The van der Waals surface area contributed by atoms with Crippen molar-refractivity contribution in [2.45, 2.75) is 135 Å². The van der Waals surface area contributed by atoms with E-state index in [1.807, 2.05) is 36.5 Å². The van der Waals surface area contributed by atoms with Crippen LogP contribution in [0, 0.1) is 0 Å². The van der Waals surface area contributed by atoms with Crippen LogP contribution in [0.25, 0.3) is 11.0 Å². The van der Waals surface area contributed by atoms with Crippen LogP contribution < -0.4 is 10.1 Å². The van der Waals surface area contributed by atoms with E-state index in [2.05, 4.69) is 27.2 Å². The zero-order valence-corrected chi connectivity index (χ0v) is 29.0. The third-order valence-electron chi connectivity index (χ3n) is 8.56. The molecular formula is C36H59N4O5P. The predicted octanol–water partition coefficient (Wildman–Crippen LogP) is 8.84. The fraction of sp³-hybridized carbons (Fsp3) is 0.667. The number of aromatic nitrogens is 3. The Morgan fingerprint density at radius 3 is 2.11 bits per heavy atom. The SMILES string of the molecule is CCCCCCCCCCCCCCCCOCCCC(CCP(=O)(O)O)NCc1c[nH]c2c(OCc3ccccc3)ncnc12. The van der Waals surface area contributed by atoms with Crippen LogP contribution in [0.5, 0.6) is 5.88 Å². The topological polar surface area (TPSA) is 130 Å². The zero-order chi connectivity index (χ0) is 32.7. The predicted molar refractivity (Wildman–Crippen MR) is 187 cm³/mol. The summed E-state index contributed by atoms with van der Waals surface area (Å²) >= 11 is 0. The summed E-state index contributed by atoms with van der Waals surface area (Å²) in [7, 11) is -4.08. The number of unbranched alkanes of at least 4 members (excludes halogenated alkanes) is 13. The van der Waals surface area contributed by atoms with Crippen LogP contribution in [0.4, 0.5) is 0 Å². The summed E-state index contributed by atoms with van der Waals surface area (Å²) in [5.74, 6) is 0.495. The number of hydrogen-bond acceptors (Lipinski definition) is 6. The average Bonchev–Trinajstić information content (AvgIpc) is 3.47. The highest BCUT2D eigenvalue weighted by atomic mass is 31.2. The zero-order valence-electron chi connectivity index (χ0n) is 28.1.